The first-order chi connectivity index (χ1) is 28.2. The van der Waals surface area contributed by atoms with E-state index in [1.807, 2.05) is 30.3 Å². The molecule has 6 heteroatoms. The molecule has 0 bridgehead atoms. The van der Waals surface area contributed by atoms with Gasteiger partial charge in [0.1, 0.15) is 11.2 Å². The molecule has 12 aromatic rings. The van der Waals surface area contributed by atoms with Gasteiger partial charge in [-0.05, 0) is 83.9 Å². The van der Waals surface area contributed by atoms with E-state index in [-0.39, 0.29) is 0 Å². The van der Waals surface area contributed by atoms with Gasteiger partial charge in [0.15, 0.2) is 17.5 Å². The van der Waals surface area contributed by atoms with Crippen LogP contribution in [-0.4, -0.2) is 19.5 Å². The van der Waals surface area contributed by atoms with Crippen LogP contribution in [0, 0.1) is 0 Å². The zero-order valence-electron chi connectivity index (χ0n) is 30.4. The van der Waals surface area contributed by atoms with Crippen molar-refractivity contribution < 1.29 is 4.42 Å². The highest BCUT2D eigenvalue weighted by molar-refractivity contribution is 7.26. The molecule has 0 aliphatic heterocycles. The first kappa shape index (κ1) is 31.9. The zero-order chi connectivity index (χ0) is 37.5. The van der Waals surface area contributed by atoms with Gasteiger partial charge in [-0.1, -0.05) is 109 Å². The molecule has 5 nitrogen and oxygen atoms in total. The van der Waals surface area contributed by atoms with Gasteiger partial charge in [-0.15, -0.1) is 11.3 Å². The van der Waals surface area contributed by atoms with Crippen molar-refractivity contribution in [2.45, 2.75) is 0 Å². The summed E-state index contributed by atoms with van der Waals surface area (Å²) >= 11 is 1.78. The number of aromatic nitrogens is 4. The normalized spacial score (nSPS) is 11.9. The van der Waals surface area contributed by atoms with Gasteiger partial charge in [-0.2, -0.15) is 0 Å². The molecule has 57 heavy (non-hydrogen) atoms. The minimum atomic E-state index is 0.612. The van der Waals surface area contributed by atoms with E-state index in [1.165, 1.54) is 32.0 Å². The van der Waals surface area contributed by atoms with Crippen molar-refractivity contribution in [3.63, 3.8) is 0 Å². The van der Waals surface area contributed by atoms with Crippen LogP contribution in [0.5, 0.6) is 0 Å². The molecule has 12 rings (SSSR count). The second-order valence-electron chi connectivity index (χ2n) is 14.4. The minimum Gasteiger partial charge on any atom is -0.456 e. The zero-order valence-corrected chi connectivity index (χ0v) is 31.2. The van der Waals surface area contributed by atoms with Gasteiger partial charge in [0, 0.05) is 64.1 Å². The van der Waals surface area contributed by atoms with Crippen molar-refractivity contribution in [1.82, 2.24) is 19.5 Å². The van der Waals surface area contributed by atoms with Gasteiger partial charge in [0.05, 0.1) is 11.0 Å². The number of para-hydroxylation sites is 2. The highest BCUT2D eigenvalue weighted by Gasteiger charge is 2.20. The Bertz CT molecular complexity index is 3540. The Labute approximate surface area is 330 Å². The Hall–Kier alpha value is -7.41. The van der Waals surface area contributed by atoms with E-state index >= 15 is 0 Å². The Morgan fingerprint density at radius 2 is 1.02 bits per heavy atom. The Morgan fingerprint density at radius 1 is 0.386 bits per heavy atom. The van der Waals surface area contributed by atoms with E-state index in [4.69, 9.17) is 19.4 Å². The van der Waals surface area contributed by atoms with Crippen LogP contribution in [0.2, 0.25) is 0 Å². The van der Waals surface area contributed by atoms with Crippen molar-refractivity contribution in [3.8, 4) is 51.0 Å². The Morgan fingerprint density at radius 3 is 1.89 bits per heavy atom. The van der Waals surface area contributed by atoms with Crippen molar-refractivity contribution in [2.75, 3.05) is 0 Å². The van der Waals surface area contributed by atoms with Gasteiger partial charge in [-0.25, -0.2) is 15.0 Å². The van der Waals surface area contributed by atoms with Crippen LogP contribution in [0.1, 0.15) is 0 Å². The molecule has 0 atom stereocenters. The molecule has 266 valence electrons. The largest absolute Gasteiger partial charge is 0.456 e. The highest BCUT2D eigenvalue weighted by atomic mass is 32.1. The number of furan rings is 1. The second-order valence-corrected chi connectivity index (χ2v) is 15.4. The molecule has 0 aliphatic rings. The number of nitrogens with zero attached hydrogens (tertiary/aromatic N) is 4. The highest BCUT2D eigenvalue weighted by Crippen LogP contribution is 2.41. The molecular weight excluding hydrogens is 717 g/mol. The van der Waals surface area contributed by atoms with Crippen molar-refractivity contribution >= 4 is 75.3 Å². The van der Waals surface area contributed by atoms with Crippen LogP contribution in [0.4, 0.5) is 0 Å². The fraction of sp³-hybridized carbons (Fsp3) is 0. The minimum absolute atomic E-state index is 0.612. The summed E-state index contributed by atoms with van der Waals surface area (Å²) in [7, 11) is 0. The van der Waals surface area contributed by atoms with Crippen molar-refractivity contribution in [2.24, 2.45) is 0 Å². The van der Waals surface area contributed by atoms with E-state index in [2.05, 4.69) is 156 Å². The van der Waals surface area contributed by atoms with Gasteiger partial charge < -0.3 is 8.98 Å². The van der Waals surface area contributed by atoms with Gasteiger partial charge in [-0.3, -0.25) is 0 Å². The number of hydrogen-bond acceptors (Lipinski definition) is 5. The standard InChI is InChI=1S/C51H30N4OS/c1-2-12-31(13-3-1)32-14-10-15-35(28-32)55-43-21-7-4-16-36(43)41-29-33(24-26-44(41)55)49-52-50(34-25-27-46-42(30-34)37-17-5-8-22-45(37)56-46)54-51(53-49)40-20-11-19-39-38-18-6-9-23-47(38)57-48(39)40/h1-30H. The summed E-state index contributed by atoms with van der Waals surface area (Å²) in [4.78, 5) is 15.7. The lowest BCUT2D eigenvalue weighted by Gasteiger charge is -2.11. The first-order valence-electron chi connectivity index (χ1n) is 19.0. The molecular formula is C51H30N4OS. The maximum absolute atomic E-state index is 6.19. The predicted octanol–water partition coefficient (Wildman–Crippen LogP) is 13.9. The third kappa shape index (κ3) is 5.12. The van der Waals surface area contributed by atoms with E-state index in [0.29, 0.717) is 17.5 Å². The lowest BCUT2D eigenvalue weighted by Crippen LogP contribution is -2.00. The van der Waals surface area contributed by atoms with E-state index in [9.17, 15) is 0 Å². The number of fused-ring (bicyclic) bond motifs is 9. The lowest BCUT2D eigenvalue weighted by atomic mass is 10.1. The molecule has 4 heterocycles. The average Bonchev–Trinajstić information content (AvgIpc) is 3.96. The molecule has 8 aromatic carbocycles. The molecule has 0 radical (unpaired) electrons. The molecule has 0 saturated heterocycles. The summed E-state index contributed by atoms with van der Waals surface area (Å²) < 4.78 is 11.0. The van der Waals surface area contributed by atoms with E-state index in [0.717, 1.165) is 65.4 Å². The maximum atomic E-state index is 6.19. The first-order valence-corrected chi connectivity index (χ1v) is 19.8. The SMILES string of the molecule is c1ccc(-c2cccc(-n3c4ccccc4c4cc(-c5nc(-c6ccc7oc8ccccc8c7c6)nc(-c6cccc7c6sc6ccccc67)n5)ccc43)c2)cc1. The molecule has 0 unspecified atom stereocenters. The van der Waals surface area contributed by atoms with Crippen LogP contribution in [0.3, 0.4) is 0 Å². The maximum Gasteiger partial charge on any atom is 0.165 e. The van der Waals surface area contributed by atoms with Gasteiger partial charge in [0.25, 0.3) is 0 Å². The summed E-state index contributed by atoms with van der Waals surface area (Å²) in [6, 6.07) is 63.9. The quantitative estimate of drug-likeness (QED) is 0.176. The van der Waals surface area contributed by atoms with Crippen molar-refractivity contribution in [1.29, 1.82) is 0 Å². The molecule has 0 spiro atoms. The van der Waals surface area contributed by atoms with Crippen LogP contribution in [0.25, 0.3) is 115 Å². The third-order valence-electron chi connectivity index (χ3n) is 11.1. The molecule has 4 aromatic heterocycles. The molecule has 0 N–H and O–H groups in total. The summed E-state index contributed by atoms with van der Waals surface area (Å²) in [5, 5.41) is 6.84. The fourth-order valence-corrected chi connectivity index (χ4v) is 9.60. The van der Waals surface area contributed by atoms with E-state index in [1.54, 1.807) is 11.3 Å². The monoisotopic (exact) mass is 746 g/mol. The van der Waals surface area contributed by atoms with Crippen LogP contribution >= 0.6 is 11.3 Å². The summed E-state index contributed by atoms with van der Waals surface area (Å²) in [6.07, 6.45) is 0. The smallest absolute Gasteiger partial charge is 0.165 e. The number of benzene rings is 8. The Kier molecular flexibility index (Phi) is 7.03. The molecule has 0 saturated carbocycles. The molecule has 0 amide bonds. The average molecular weight is 747 g/mol. The second kappa shape index (κ2) is 12.6. The van der Waals surface area contributed by atoms with Crippen molar-refractivity contribution in [3.05, 3.63) is 182 Å². The summed E-state index contributed by atoms with van der Waals surface area (Å²) in [6.45, 7) is 0. The van der Waals surface area contributed by atoms with Crippen LogP contribution in [0.15, 0.2) is 186 Å². The van der Waals surface area contributed by atoms with Gasteiger partial charge in [0.2, 0.25) is 0 Å². The topological polar surface area (TPSA) is 56.7 Å². The summed E-state index contributed by atoms with van der Waals surface area (Å²) in [5.41, 5.74) is 10.2. The van der Waals surface area contributed by atoms with E-state index < -0.39 is 0 Å². The molecule has 0 aliphatic carbocycles. The van der Waals surface area contributed by atoms with Crippen LogP contribution in [-0.2, 0) is 0 Å². The predicted molar refractivity (Wildman–Crippen MR) is 236 cm³/mol. The number of thiophene rings is 1. The summed E-state index contributed by atoms with van der Waals surface area (Å²) in [5.74, 6) is 1.88. The Balaban J connectivity index is 1.07. The number of rotatable bonds is 5. The van der Waals surface area contributed by atoms with Gasteiger partial charge >= 0.3 is 0 Å². The lowest BCUT2D eigenvalue weighted by molar-refractivity contribution is 0.669. The molecule has 0 fully saturated rings. The number of hydrogen-bond donors (Lipinski definition) is 0. The van der Waals surface area contributed by atoms with Crippen LogP contribution < -0.4 is 0 Å². The fourth-order valence-electron chi connectivity index (χ4n) is 8.39. The third-order valence-corrected chi connectivity index (χ3v) is 12.3.